The van der Waals surface area contributed by atoms with Gasteiger partial charge in [-0.15, -0.1) is 10.2 Å². The van der Waals surface area contributed by atoms with Crippen molar-refractivity contribution >= 4 is 15.8 Å². The Morgan fingerprint density at radius 1 is 1.05 bits per heavy atom. The summed E-state index contributed by atoms with van der Waals surface area (Å²) in [6.45, 7) is 1.32. The standard InChI is InChI=1S/C22H27FN8O5S/c1-34-20-18(21(35-2)27-13-26-20)31-17(28-29-19(31)16-6-4-8-36-16)12-37(32,33)15-5-3-7-30(11-15)22-24-9-14(23)10-25-22/h9-10,13,15-16H,3-8,11-12H2,1-2H3/t15-,16-/m0/s1. The maximum absolute atomic E-state index is 13.7. The minimum atomic E-state index is -3.72. The number of sulfone groups is 1. The van der Waals surface area contributed by atoms with E-state index in [-0.39, 0.29) is 30.2 Å². The predicted octanol–water partition coefficient (Wildman–Crippen LogP) is 1.44. The molecule has 0 radical (unpaired) electrons. The largest absolute Gasteiger partial charge is 0.479 e. The Hall–Kier alpha value is -3.46. The molecule has 0 aromatic carbocycles. The van der Waals surface area contributed by atoms with Crippen LogP contribution in [0.4, 0.5) is 10.3 Å². The number of rotatable bonds is 8. The van der Waals surface area contributed by atoms with Crippen molar-refractivity contribution in [3.05, 3.63) is 36.2 Å². The molecule has 0 saturated carbocycles. The summed E-state index contributed by atoms with van der Waals surface area (Å²) in [7, 11) is -0.823. The van der Waals surface area contributed by atoms with Crippen LogP contribution in [-0.2, 0) is 20.3 Å². The number of anilines is 1. The Morgan fingerprint density at radius 3 is 2.43 bits per heavy atom. The molecule has 5 rings (SSSR count). The Labute approximate surface area is 213 Å². The molecule has 2 saturated heterocycles. The molecular weight excluding hydrogens is 507 g/mol. The summed E-state index contributed by atoms with van der Waals surface area (Å²) in [5, 5.41) is 7.87. The van der Waals surface area contributed by atoms with Crippen molar-refractivity contribution in [2.45, 2.75) is 42.8 Å². The van der Waals surface area contributed by atoms with E-state index in [1.54, 1.807) is 9.47 Å². The van der Waals surface area contributed by atoms with E-state index in [0.29, 0.717) is 49.9 Å². The third-order valence-electron chi connectivity index (χ3n) is 6.44. The van der Waals surface area contributed by atoms with Gasteiger partial charge in [0.15, 0.2) is 33.0 Å². The van der Waals surface area contributed by atoms with E-state index in [9.17, 15) is 12.8 Å². The average molecular weight is 535 g/mol. The van der Waals surface area contributed by atoms with E-state index in [4.69, 9.17) is 14.2 Å². The van der Waals surface area contributed by atoms with Crippen LogP contribution < -0.4 is 14.4 Å². The number of methoxy groups -OCH3 is 2. The summed E-state index contributed by atoms with van der Waals surface area (Å²) in [6, 6.07) is 0. The molecule has 15 heteroatoms. The van der Waals surface area contributed by atoms with E-state index in [2.05, 4.69) is 30.1 Å². The Bertz CT molecular complexity index is 1330. The van der Waals surface area contributed by atoms with Crippen LogP contribution in [0.3, 0.4) is 0 Å². The Kier molecular flexibility index (Phi) is 7.15. The molecule has 3 aromatic rings. The van der Waals surface area contributed by atoms with Crippen LogP contribution >= 0.6 is 0 Å². The quantitative estimate of drug-likeness (QED) is 0.412. The Morgan fingerprint density at radius 2 is 1.78 bits per heavy atom. The first-order valence-electron chi connectivity index (χ1n) is 11.8. The van der Waals surface area contributed by atoms with Crippen LogP contribution in [-0.4, -0.2) is 82.3 Å². The zero-order valence-electron chi connectivity index (χ0n) is 20.4. The smallest absolute Gasteiger partial charge is 0.245 e. The lowest BCUT2D eigenvalue weighted by Crippen LogP contribution is -2.43. The molecule has 0 unspecified atom stereocenters. The average Bonchev–Trinajstić information content (AvgIpc) is 3.58. The third kappa shape index (κ3) is 5.05. The maximum Gasteiger partial charge on any atom is 0.245 e. The van der Waals surface area contributed by atoms with Crippen LogP contribution in [0.2, 0.25) is 0 Å². The van der Waals surface area contributed by atoms with Gasteiger partial charge in [0, 0.05) is 19.7 Å². The molecule has 0 N–H and O–H groups in total. The lowest BCUT2D eigenvalue weighted by molar-refractivity contribution is 0.103. The lowest BCUT2D eigenvalue weighted by Gasteiger charge is -2.32. The summed E-state index contributed by atoms with van der Waals surface area (Å²) < 4.78 is 59.0. The van der Waals surface area contributed by atoms with E-state index in [0.717, 1.165) is 18.8 Å². The molecule has 2 fully saturated rings. The lowest BCUT2D eigenvalue weighted by atomic mass is 10.1. The fourth-order valence-corrected chi connectivity index (χ4v) is 6.39. The fourth-order valence-electron chi connectivity index (χ4n) is 4.67. The molecule has 2 aliphatic heterocycles. The third-order valence-corrected chi connectivity index (χ3v) is 8.51. The number of piperidine rings is 1. The second-order valence-corrected chi connectivity index (χ2v) is 11.1. The van der Waals surface area contributed by atoms with Crippen LogP contribution in [0.5, 0.6) is 11.8 Å². The molecule has 0 amide bonds. The SMILES string of the molecule is COc1ncnc(OC)c1-n1c(CS(=O)(=O)[C@H]2CCCN(c3ncc(F)cn3)C2)nnc1[C@@H]1CCCO1. The summed E-state index contributed by atoms with van der Waals surface area (Å²) in [4.78, 5) is 18.1. The molecule has 5 heterocycles. The zero-order chi connectivity index (χ0) is 26.0. The molecule has 2 aliphatic rings. The van der Waals surface area contributed by atoms with Crippen molar-refractivity contribution in [1.29, 1.82) is 0 Å². The number of aromatic nitrogens is 7. The molecule has 0 bridgehead atoms. The first-order chi connectivity index (χ1) is 17.9. The summed E-state index contributed by atoms with van der Waals surface area (Å²) >= 11 is 0. The second kappa shape index (κ2) is 10.5. The monoisotopic (exact) mass is 534 g/mol. The fraction of sp³-hybridized carbons (Fsp3) is 0.545. The highest BCUT2D eigenvalue weighted by atomic mass is 32.2. The number of hydrogen-bond acceptors (Lipinski definition) is 12. The first kappa shape index (κ1) is 25.2. The van der Waals surface area contributed by atoms with Gasteiger partial charge < -0.3 is 19.1 Å². The van der Waals surface area contributed by atoms with Crippen LogP contribution in [0.25, 0.3) is 5.69 Å². The van der Waals surface area contributed by atoms with Gasteiger partial charge in [0.2, 0.25) is 17.7 Å². The maximum atomic E-state index is 13.7. The van der Waals surface area contributed by atoms with Gasteiger partial charge in [-0.3, -0.25) is 4.57 Å². The van der Waals surface area contributed by atoms with E-state index in [1.807, 2.05) is 0 Å². The Balaban J connectivity index is 1.50. The van der Waals surface area contributed by atoms with Crippen molar-refractivity contribution in [2.75, 3.05) is 38.8 Å². The highest BCUT2D eigenvalue weighted by Crippen LogP contribution is 2.36. The van der Waals surface area contributed by atoms with Gasteiger partial charge in [0.1, 0.15) is 18.2 Å². The molecule has 37 heavy (non-hydrogen) atoms. The van der Waals surface area contributed by atoms with Crippen molar-refractivity contribution in [2.24, 2.45) is 0 Å². The topological polar surface area (TPSA) is 147 Å². The van der Waals surface area contributed by atoms with Gasteiger partial charge in [-0.2, -0.15) is 9.97 Å². The number of hydrogen-bond donors (Lipinski definition) is 0. The van der Waals surface area contributed by atoms with Crippen molar-refractivity contribution in [3.8, 4) is 17.4 Å². The van der Waals surface area contributed by atoms with Crippen LogP contribution in [0.1, 0.15) is 43.4 Å². The van der Waals surface area contributed by atoms with Gasteiger partial charge in [-0.25, -0.2) is 22.8 Å². The molecule has 2 atom stereocenters. The van der Waals surface area contributed by atoms with Crippen LogP contribution in [0, 0.1) is 5.82 Å². The normalized spacial score (nSPS) is 20.2. The number of halogens is 1. The highest BCUT2D eigenvalue weighted by molar-refractivity contribution is 7.91. The van der Waals surface area contributed by atoms with Gasteiger partial charge >= 0.3 is 0 Å². The second-order valence-electron chi connectivity index (χ2n) is 8.77. The molecule has 0 spiro atoms. The van der Waals surface area contributed by atoms with Gasteiger partial charge in [0.05, 0.1) is 31.9 Å². The summed E-state index contributed by atoms with van der Waals surface area (Å²) in [6.07, 6.45) is 5.69. The highest BCUT2D eigenvalue weighted by Gasteiger charge is 2.36. The van der Waals surface area contributed by atoms with Gasteiger partial charge in [0.25, 0.3) is 0 Å². The summed E-state index contributed by atoms with van der Waals surface area (Å²) in [5.41, 5.74) is 0.304. The minimum Gasteiger partial charge on any atom is -0.479 e. The molecule has 198 valence electrons. The van der Waals surface area contributed by atoms with Crippen molar-refractivity contribution in [1.82, 2.24) is 34.7 Å². The van der Waals surface area contributed by atoms with Gasteiger partial charge in [-0.05, 0) is 25.7 Å². The zero-order valence-corrected chi connectivity index (χ0v) is 21.3. The molecule has 0 aliphatic carbocycles. The van der Waals surface area contributed by atoms with E-state index in [1.165, 1.54) is 20.5 Å². The molecular formula is C22H27FN8O5S. The van der Waals surface area contributed by atoms with Crippen LogP contribution in [0.15, 0.2) is 18.7 Å². The summed E-state index contributed by atoms with van der Waals surface area (Å²) in [5.74, 6) is 0.314. The van der Waals surface area contributed by atoms with E-state index < -0.39 is 26.7 Å². The van der Waals surface area contributed by atoms with Gasteiger partial charge in [-0.1, -0.05) is 0 Å². The first-order valence-corrected chi connectivity index (χ1v) is 13.6. The molecule has 13 nitrogen and oxygen atoms in total. The van der Waals surface area contributed by atoms with Crippen molar-refractivity contribution < 1.29 is 27.0 Å². The van der Waals surface area contributed by atoms with E-state index >= 15 is 0 Å². The number of ether oxygens (including phenoxy) is 3. The van der Waals surface area contributed by atoms with Crippen molar-refractivity contribution in [3.63, 3.8) is 0 Å². The molecule has 3 aromatic heterocycles. The minimum absolute atomic E-state index is 0.173. The predicted molar refractivity (Wildman–Crippen MR) is 128 cm³/mol. The number of nitrogens with zero attached hydrogens (tertiary/aromatic N) is 8.